The Morgan fingerprint density at radius 3 is 2.84 bits per heavy atom. The van der Waals surface area contributed by atoms with Crippen molar-refractivity contribution in [2.75, 3.05) is 38.0 Å². The molecule has 1 aliphatic heterocycles. The van der Waals surface area contributed by atoms with Gasteiger partial charge in [0.15, 0.2) is 0 Å². The number of carbonyl (C=O) groups is 1. The molecule has 0 aliphatic carbocycles. The minimum atomic E-state index is 0.117. The summed E-state index contributed by atoms with van der Waals surface area (Å²) < 4.78 is 0. The molecule has 1 aromatic heterocycles. The van der Waals surface area contributed by atoms with E-state index in [0.29, 0.717) is 11.7 Å². The number of nitrogens with zero attached hydrogens (tertiary/aromatic N) is 3. The van der Waals surface area contributed by atoms with E-state index in [-0.39, 0.29) is 12.5 Å². The lowest BCUT2D eigenvalue weighted by Gasteiger charge is -2.27. The molecule has 1 saturated heterocycles. The Balaban J connectivity index is 1.87. The normalized spacial score (nSPS) is 15.6. The van der Waals surface area contributed by atoms with Crippen molar-refractivity contribution >= 4 is 11.7 Å². The van der Waals surface area contributed by atoms with Crippen LogP contribution in [0.3, 0.4) is 0 Å². The zero-order valence-corrected chi connectivity index (χ0v) is 11.5. The number of hydrogen-bond acceptors (Lipinski definition) is 5. The van der Waals surface area contributed by atoms with Gasteiger partial charge in [-0.3, -0.25) is 4.79 Å². The van der Waals surface area contributed by atoms with Gasteiger partial charge in [0.1, 0.15) is 12.1 Å². The Morgan fingerprint density at radius 2 is 2.16 bits per heavy atom. The lowest BCUT2D eigenvalue weighted by molar-refractivity contribution is -0.129. The van der Waals surface area contributed by atoms with E-state index in [1.807, 2.05) is 11.0 Å². The molecular formula is C13H21N5O. The molecule has 104 valence electrons. The molecule has 1 fully saturated rings. The standard InChI is InChI=1S/C13H21N5O/c1-10(2)11-7-12(17-9-16-11)15-8-13(19)18-5-3-14-4-6-18/h7,9-10,14H,3-6,8H2,1-2H3,(H,15,16,17). The van der Waals surface area contributed by atoms with Crippen LogP contribution in [0.15, 0.2) is 12.4 Å². The Labute approximate surface area is 113 Å². The van der Waals surface area contributed by atoms with Crippen LogP contribution in [0.4, 0.5) is 5.82 Å². The van der Waals surface area contributed by atoms with Gasteiger partial charge in [-0.1, -0.05) is 13.8 Å². The molecule has 6 nitrogen and oxygen atoms in total. The number of hydrogen-bond donors (Lipinski definition) is 2. The molecule has 0 atom stereocenters. The van der Waals surface area contributed by atoms with Crippen LogP contribution in [-0.4, -0.2) is 53.5 Å². The van der Waals surface area contributed by atoms with E-state index in [2.05, 4.69) is 34.4 Å². The predicted molar refractivity (Wildman–Crippen MR) is 74.1 cm³/mol. The largest absolute Gasteiger partial charge is 0.361 e. The van der Waals surface area contributed by atoms with Gasteiger partial charge in [-0.25, -0.2) is 9.97 Å². The monoisotopic (exact) mass is 263 g/mol. The van der Waals surface area contributed by atoms with E-state index >= 15 is 0 Å². The molecule has 1 aromatic rings. The van der Waals surface area contributed by atoms with Gasteiger partial charge in [-0.2, -0.15) is 0 Å². The van der Waals surface area contributed by atoms with Crippen molar-refractivity contribution < 1.29 is 4.79 Å². The predicted octanol–water partition coefficient (Wildman–Crippen LogP) is 0.444. The first-order chi connectivity index (χ1) is 9.16. The quantitative estimate of drug-likeness (QED) is 0.825. The fourth-order valence-corrected chi connectivity index (χ4v) is 1.98. The molecule has 2 N–H and O–H groups in total. The van der Waals surface area contributed by atoms with Gasteiger partial charge in [0.05, 0.1) is 6.54 Å². The zero-order chi connectivity index (χ0) is 13.7. The van der Waals surface area contributed by atoms with Crippen LogP contribution in [0.5, 0.6) is 0 Å². The van der Waals surface area contributed by atoms with Crippen LogP contribution < -0.4 is 10.6 Å². The molecule has 19 heavy (non-hydrogen) atoms. The molecule has 6 heteroatoms. The number of rotatable bonds is 4. The van der Waals surface area contributed by atoms with Gasteiger partial charge in [0.25, 0.3) is 0 Å². The van der Waals surface area contributed by atoms with Crippen molar-refractivity contribution in [3.63, 3.8) is 0 Å². The van der Waals surface area contributed by atoms with Crippen LogP contribution in [0.2, 0.25) is 0 Å². The second kappa shape index (κ2) is 6.47. The Kier molecular flexibility index (Phi) is 4.68. The van der Waals surface area contributed by atoms with Crippen molar-refractivity contribution in [2.24, 2.45) is 0 Å². The van der Waals surface area contributed by atoms with Crippen LogP contribution in [0.25, 0.3) is 0 Å². The molecule has 0 aromatic carbocycles. The van der Waals surface area contributed by atoms with Crippen LogP contribution in [0.1, 0.15) is 25.5 Å². The maximum atomic E-state index is 12.0. The van der Waals surface area contributed by atoms with Crippen LogP contribution in [-0.2, 0) is 4.79 Å². The summed E-state index contributed by atoms with van der Waals surface area (Å²) in [7, 11) is 0. The number of nitrogens with one attached hydrogen (secondary N) is 2. The van der Waals surface area contributed by atoms with Gasteiger partial charge >= 0.3 is 0 Å². The summed E-state index contributed by atoms with van der Waals surface area (Å²) in [6, 6.07) is 1.90. The summed E-state index contributed by atoms with van der Waals surface area (Å²) in [4.78, 5) is 22.2. The first kappa shape index (κ1) is 13.7. The molecule has 1 aliphatic rings. The van der Waals surface area contributed by atoms with Crippen molar-refractivity contribution in [1.82, 2.24) is 20.2 Å². The highest BCUT2D eigenvalue weighted by molar-refractivity contribution is 5.80. The highest BCUT2D eigenvalue weighted by Crippen LogP contribution is 2.13. The number of amides is 1. The molecule has 0 spiro atoms. The third kappa shape index (κ3) is 3.89. The SMILES string of the molecule is CC(C)c1cc(NCC(=O)N2CCNCC2)ncn1. The molecule has 0 bridgehead atoms. The highest BCUT2D eigenvalue weighted by Gasteiger charge is 2.15. The Hall–Kier alpha value is -1.69. The summed E-state index contributed by atoms with van der Waals surface area (Å²) in [5, 5.41) is 6.30. The smallest absolute Gasteiger partial charge is 0.242 e. The van der Waals surface area contributed by atoms with E-state index in [0.717, 1.165) is 31.9 Å². The average Bonchev–Trinajstić information content (AvgIpc) is 2.46. The lowest BCUT2D eigenvalue weighted by Crippen LogP contribution is -2.48. The molecular weight excluding hydrogens is 242 g/mol. The third-order valence-corrected chi connectivity index (χ3v) is 3.17. The number of piperazine rings is 1. The maximum absolute atomic E-state index is 12.0. The van der Waals surface area contributed by atoms with Crippen LogP contribution >= 0.6 is 0 Å². The summed E-state index contributed by atoms with van der Waals surface area (Å²) in [6.45, 7) is 7.75. The maximum Gasteiger partial charge on any atom is 0.242 e. The van der Waals surface area contributed by atoms with Gasteiger partial charge in [-0.05, 0) is 5.92 Å². The average molecular weight is 263 g/mol. The summed E-state index contributed by atoms with van der Waals surface area (Å²) in [5.41, 5.74) is 0.979. The van der Waals surface area contributed by atoms with Crippen molar-refractivity contribution in [3.8, 4) is 0 Å². The van der Waals surface area contributed by atoms with E-state index in [1.54, 1.807) is 0 Å². The molecule has 0 unspecified atom stereocenters. The zero-order valence-electron chi connectivity index (χ0n) is 11.5. The minimum Gasteiger partial charge on any atom is -0.361 e. The second-order valence-corrected chi connectivity index (χ2v) is 4.97. The topological polar surface area (TPSA) is 70.2 Å². The van der Waals surface area contributed by atoms with Crippen molar-refractivity contribution in [1.29, 1.82) is 0 Å². The Morgan fingerprint density at radius 1 is 1.42 bits per heavy atom. The van der Waals surface area contributed by atoms with E-state index < -0.39 is 0 Å². The second-order valence-electron chi connectivity index (χ2n) is 4.97. The summed E-state index contributed by atoms with van der Waals surface area (Å²) >= 11 is 0. The molecule has 0 saturated carbocycles. The molecule has 2 rings (SSSR count). The van der Waals surface area contributed by atoms with Crippen molar-refractivity contribution in [2.45, 2.75) is 19.8 Å². The van der Waals surface area contributed by atoms with E-state index in [1.165, 1.54) is 6.33 Å². The van der Waals surface area contributed by atoms with Gasteiger partial charge in [0, 0.05) is 37.9 Å². The summed E-state index contributed by atoms with van der Waals surface area (Å²) in [5.74, 6) is 1.18. The fraction of sp³-hybridized carbons (Fsp3) is 0.615. The highest BCUT2D eigenvalue weighted by atomic mass is 16.2. The first-order valence-electron chi connectivity index (χ1n) is 6.71. The van der Waals surface area contributed by atoms with E-state index in [4.69, 9.17) is 0 Å². The molecule has 1 amide bonds. The Bertz CT molecular complexity index is 429. The van der Waals surface area contributed by atoms with Gasteiger partial charge in [0.2, 0.25) is 5.91 Å². The third-order valence-electron chi connectivity index (χ3n) is 3.17. The van der Waals surface area contributed by atoms with Crippen LogP contribution in [0, 0.1) is 0 Å². The number of anilines is 1. The van der Waals surface area contributed by atoms with Crippen molar-refractivity contribution in [3.05, 3.63) is 18.1 Å². The number of carbonyl (C=O) groups excluding carboxylic acids is 1. The molecule has 2 heterocycles. The van der Waals surface area contributed by atoms with Gasteiger partial charge in [-0.15, -0.1) is 0 Å². The van der Waals surface area contributed by atoms with E-state index in [9.17, 15) is 4.79 Å². The first-order valence-corrected chi connectivity index (χ1v) is 6.71. The molecule has 0 radical (unpaired) electrons. The van der Waals surface area contributed by atoms with Gasteiger partial charge < -0.3 is 15.5 Å². The fourth-order valence-electron chi connectivity index (χ4n) is 1.98. The summed E-state index contributed by atoms with van der Waals surface area (Å²) in [6.07, 6.45) is 1.53. The number of aromatic nitrogens is 2. The minimum absolute atomic E-state index is 0.117. The lowest BCUT2D eigenvalue weighted by atomic mass is 10.1.